The summed E-state index contributed by atoms with van der Waals surface area (Å²) in [4.78, 5) is 30.4. The van der Waals surface area contributed by atoms with Crippen LogP contribution in [-0.4, -0.2) is 55.8 Å². The standard InChI is InChI=1S/C20H20ClN7O3S/c1-12-16(5-14(8-22-12)25-18(29)6-21)26-19(30)15-9-24-28-11-17(32-20(15)28)13-7-23-27(10-13)3-4-31-2/h5,7-11H,3-4,6H2,1-2H3,(H,25,29)(H,26,30). The summed E-state index contributed by atoms with van der Waals surface area (Å²) in [5.41, 5.74) is 2.91. The topological polar surface area (TPSA) is 115 Å². The Morgan fingerprint density at radius 1 is 1.19 bits per heavy atom. The quantitative estimate of drug-likeness (QED) is 0.380. The highest BCUT2D eigenvalue weighted by molar-refractivity contribution is 7.21. The molecular weight excluding hydrogens is 454 g/mol. The van der Waals surface area contributed by atoms with Gasteiger partial charge in [0.25, 0.3) is 5.91 Å². The van der Waals surface area contributed by atoms with Crippen molar-refractivity contribution in [2.45, 2.75) is 13.5 Å². The Morgan fingerprint density at radius 2 is 2.03 bits per heavy atom. The molecule has 0 aromatic carbocycles. The largest absolute Gasteiger partial charge is 0.383 e. The number of ether oxygens (including phenoxy) is 1. The van der Waals surface area contributed by atoms with Gasteiger partial charge in [-0.15, -0.1) is 22.9 Å². The van der Waals surface area contributed by atoms with Gasteiger partial charge >= 0.3 is 0 Å². The molecule has 4 aromatic heterocycles. The van der Waals surface area contributed by atoms with Gasteiger partial charge in [-0.3, -0.25) is 19.3 Å². The molecule has 2 N–H and O–H groups in total. The van der Waals surface area contributed by atoms with Crippen LogP contribution in [0.2, 0.25) is 0 Å². The van der Waals surface area contributed by atoms with Gasteiger partial charge in [-0.05, 0) is 13.0 Å². The molecule has 0 unspecified atom stereocenters. The summed E-state index contributed by atoms with van der Waals surface area (Å²) in [6.45, 7) is 3.00. The summed E-state index contributed by atoms with van der Waals surface area (Å²) in [5, 5.41) is 14.1. The minimum absolute atomic E-state index is 0.171. The maximum Gasteiger partial charge on any atom is 0.260 e. The van der Waals surface area contributed by atoms with Crippen molar-refractivity contribution in [2.24, 2.45) is 0 Å². The number of rotatable bonds is 8. The van der Waals surface area contributed by atoms with E-state index in [0.29, 0.717) is 40.6 Å². The molecule has 4 rings (SSSR count). The van der Waals surface area contributed by atoms with Gasteiger partial charge in [0.05, 0.1) is 59.3 Å². The average molecular weight is 474 g/mol. The number of anilines is 2. The molecule has 10 nitrogen and oxygen atoms in total. The molecule has 0 bridgehead atoms. The molecule has 0 aliphatic rings. The molecule has 0 spiro atoms. The van der Waals surface area contributed by atoms with Gasteiger partial charge in [-0.25, -0.2) is 4.52 Å². The number of hydrogen-bond donors (Lipinski definition) is 2. The van der Waals surface area contributed by atoms with Crippen molar-refractivity contribution in [2.75, 3.05) is 30.2 Å². The molecule has 0 radical (unpaired) electrons. The Labute approximate surface area is 192 Å². The van der Waals surface area contributed by atoms with Crippen molar-refractivity contribution in [3.8, 4) is 10.4 Å². The third-order valence-electron chi connectivity index (χ3n) is 4.62. The third kappa shape index (κ3) is 4.64. The van der Waals surface area contributed by atoms with Crippen molar-refractivity contribution in [1.29, 1.82) is 0 Å². The molecule has 32 heavy (non-hydrogen) atoms. The first-order valence-corrected chi connectivity index (χ1v) is 11.0. The van der Waals surface area contributed by atoms with E-state index in [1.807, 2.05) is 12.4 Å². The average Bonchev–Trinajstić information content (AvgIpc) is 3.49. The predicted molar refractivity (Wildman–Crippen MR) is 122 cm³/mol. The first-order valence-electron chi connectivity index (χ1n) is 9.61. The number of pyridine rings is 1. The zero-order valence-corrected chi connectivity index (χ0v) is 18.9. The Kier molecular flexibility index (Phi) is 6.49. The lowest BCUT2D eigenvalue weighted by atomic mass is 10.2. The van der Waals surface area contributed by atoms with E-state index in [0.717, 1.165) is 10.4 Å². The fourth-order valence-corrected chi connectivity index (χ4v) is 4.09. The fraction of sp³-hybridized carbons (Fsp3) is 0.250. The van der Waals surface area contributed by atoms with Crippen LogP contribution in [0.5, 0.6) is 0 Å². The number of fused-ring (bicyclic) bond motifs is 1. The second-order valence-electron chi connectivity index (χ2n) is 6.88. The monoisotopic (exact) mass is 473 g/mol. The number of amides is 2. The van der Waals surface area contributed by atoms with E-state index < -0.39 is 0 Å². The molecule has 0 aliphatic heterocycles. The first-order chi connectivity index (χ1) is 15.5. The number of aryl methyl sites for hydroxylation is 1. The molecule has 2 amide bonds. The maximum atomic E-state index is 13.0. The molecule has 0 saturated heterocycles. The minimum Gasteiger partial charge on any atom is -0.383 e. The van der Waals surface area contributed by atoms with Crippen molar-refractivity contribution in [3.63, 3.8) is 0 Å². The van der Waals surface area contributed by atoms with E-state index in [2.05, 4.69) is 25.8 Å². The predicted octanol–water partition coefficient (Wildman–Crippen LogP) is 3.04. The van der Waals surface area contributed by atoms with Crippen molar-refractivity contribution >= 4 is 51.0 Å². The minimum atomic E-state index is -0.357. The number of methoxy groups -OCH3 is 1. The van der Waals surface area contributed by atoms with E-state index in [4.69, 9.17) is 16.3 Å². The number of nitrogens with zero attached hydrogens (tertiary/aromatic N) is 5. The van der Waals surface area contributed by atoms with Crippen LogP contribution >= 0.6 is 22.9 Å². The lowest BCUT2D eigenvalue weighted by Crippen LogP contribution is -2.15. The van der Waals surface area contributed by atoms with Crippen LogP contribution in [-0.2, 0) is 16.1 Å². The van der Waals surface area contributed by atoms with Crippen LogP contribution in [0.3, 0.4) is 0 Å². The summed E-state index contributed by atoms with van der Waals surface area (Å²) < 4.78 is 8.56. The van der Waals surface area contributed by atoms with Gasteiger partial charge in [0.1, 0.15) is 10.7 Å². The number of hydrogen-bond acceptors (Lipinski definition) is 7. The SMILES string of the molecule is COCCn1cc(-c2cn3ncc(C(=O)Nc4cc(NC(=O)CCl)cnc4C)c3s2)cn1. The highest BCUT2D eigenvalue weighted by atomic mass is 35.5. The van der Waals surface area contributed by atoms with Crippen LogP contribution in [0.1, 0.15) is 16.1 Å². The third-order valence-corrected chi connectivity index (χ3v) is 6.03. The number of carbonyl (C=O) groups is 2. The highest BCUT2D eigenvalue weighted by Gasteiger charge is 2.18. The van der Waals surface area contributed by atoms with E-state index in [9.17, 15) is 9.59 Å². The second-order valence-corrected chi connectivity index (χ2v) is 8.18. The summed E-state index contributed by atoms with van der Waals surface area (Å²) in [6.07, 6.45) is 8.60. The van der Waals surface area contributed by atoms with Gasteiger partial charge in [-0.1, -0.05) is 0 Å². The summed E-state index contributed by atoms with van der Waals surface area (Å²) in [6, 6.07) is 1.64. The Hall–Kier alpha value is -3.28. The van der Waals surface area contributed by atoms with Crippen LogP contribution in [0, 0.1) is 6.92 Å². The lowest BCUT2D eigenvalue weighted by molar-refractivity contribution is -0.113. The molecule has 0 saturated carbocycles. The van der Waals surface area contributed by atoms with E-state index in [1.54, 1.807) is 35.5 Å². The van der Waals surface area contributed by atoms with E-state index >= 15 is 0 Å². The van der Waals surface area contributed by atoms with Gasteiger partial charge in [0, 0.05) is 25.1 Å². The smallest absolute Gasteiger partial charge is 0.260 e. The summed E-state index contributed by atoms with van der Waals surface area (Å²) >= 11 is 6.98. The van der Waals surface area contributed by atoms with E-state index in [1.165, 1.54) is 23.7 Å². The van der Waals surface area contributed by atoms with Crippen molar-refractivity contribution in [3.05, 3.63) is 48.3 Å². The van der Waals surface area contributed by atoms with Gasteiger partial charge in [0.2, 0.25) is 5.91 Å². The number of carbonyl (C=O) groups excluding carboxylic acids is 2. The molecule has 4 heterocycles. The number of halogens is 1. The molecule has 4 aromatic rings. The van der Waals surface area contributed by atoms with Gasteiger partial charge in [-0.2, -0.15) is 10.2 Å². The summed E-state index contributed by atoms with van der Waals surface area (Å²) in [5.74, 6) is -0.852. The zero-order valence-electron chi connectivity index (χ0n) is 17.3. The second kappa shape index (κ2) is 9.47. The molecule has 12 heteroatoms. The maximum absolute atomic E-state index is 13.0. The zero-order chi connectivity index (χ0) is 22.7. The molecule has 0 atom stereocenters. The van der Waals surface area contributed by atoms with Crippen LogP contribution in [0.15, 0.2) is 37.1 Å². The Morgan fingerprint density at radius 3 is 2.81 bits per heavy atom. The van der Waals surface area contributed by atoms with Crippen LogP contribution < -0.4 is 10.6 Å². The molecule has 0 aliphatic carbocycles. The van der Waals surface area contributed by atoms with Gasteiger partial charge in [0.15, 0.2) is 0 Å². The fourth-order valence-electron chi connectivity index (χ4n) is 2.99. The summed E-state index contributed by atoms with van der Waals surface area (Å²) in [7, 11) is 1.65. The molecular formula is C20H20ClN7O3S. The van der Waals surface area contributed by atoms with Crippen molar-refractivity contribution < 1.29 is 14.3 Å². The highest BCUT2D eigenvalue weighted by Crippen LogP contribution is 2.30. The van der Waals surface area contributed by atoms with Crippen LogP contribution in [0.25, 0.3) is 15.3 Å². The van der Waals surface area contributed by atoms with E-state index in [-0.39, 0.29) is 17.7 Å². The normalized spacial score (nSPS) is 11.1. The van der Waals surface area contributed by atoms with Gasteiger partial charge < -0.3 is 15.4 Å². The lowest BCUT2D eigenvalue weighted by Gasteiger charge is -2.10. The number of alkyl halides is 1. The number of thiazole rings is 1. The van der Waals surface area contributed by atoms with Crippen molar-refractivity contribution in [1.82, 2.24) is 24.4 Å². The van der Waals surface area contributed by atoms with Crippen LogP contribution in [0.4, 0.5) is 11.4 Å². The first kappa shape index (κ1) is 21.9. The molecule has 166 valence electrons. The Balaban J connectivity index is 1.55. The Bertz CT molecular complexity index is 1280. The number of aromatic nitrogens is 5. The molecule has 0 fully saturated rings. The number of nitrogens with one attached hydrogen (secondary N) is 2.